The van der Waals surface area contributed by atoms with E-state index in [1.807, 2.05) is 6.20 Å². The van der Waals surface area contributed by atoms with Crippen LogP contribution in [0.15, 0.2) is 12.5 Å². The Balaban J connectivity index is 2.07. The third kappa shape index (κ3) is 1.73. The minimum atomic E-state index is -1.78. The molecule has 0 spiro atoms. The van der Waals surface area contributed by atoms with Crippen molar-refractivity contribution in [3.05, 3.63) is 12.5 Å². The van der Waals surface area contributed by atoms with Crippen molar-refractivity contribution in [2.24, 2.45) is 0 Å². The fraction of sp³-hybridized carbons (Fsp3) is 0.667. The van der Waals surface area contributed by atoms with Gasteiger partial charge in [-0.05, 0) is 0 Å². The fourth-order valence-electron chi connectivity index (χ4n) is 1.11. The summed E-state index contributed by atoms with van der Waals surface area (Å²) in [6.07, 6.45) is 3.64. The summed E-state index contributed by atoms with van der Waals surface area (Å²) in [4.78, 5) is 2.13. The summed E-state index contributed by atoms with van der Waals surface area (Å²) in [6.45, 7) is 3.35. The van der Waals surface area contributed by atoms with Crippen molar-refractivity contribution in [2.45, 2.75) is 0 Å². The second kappa shape index (κ2) is 3.25. The molecule has 0 N–H and O–H groups in total. The molecule has 3 aliphatic heterocycles. The SMILES string of the molecule is C1=CN2CCO[SiH](O1)OCC2. The van der Waals surface area contributed by atoms with E-state index in [2.05, 4.69) is 4.90 Å². The van der Waals surface area contributed by atoms with Crippen molar-refractivity contribution < 1.29 is 13.3 Å². The Kier molecular flexibility index (Phi) is 2.11. The van der Waals surface area contributed by atoms with Crippen LogP contribution in [0.2, 0.25) is 0 Å². The molecule has 0 aliphatic carbocycles. The van der Waals surface area contributed by atoms with E-state index in [0.29, 0.717) is 0 Å². The van der Waals surface area contributed by atoms with Crippen LogP contribution in [0.25, 0.3) is 0 Å². The standard InChI is InChI=1S/C6H11NO3Si/c1-4-8-11-9-5-2-7(1)3-6-10-11/h1,4,11H,2-3,5-6H2. The van der Waals surface area contributed by atoms with Gasteiger partial charge in [0.25, 0.3) is 0 Å². The van der Waals surface area contributed by atoms with E-state index < -0.39 is 9.53 Å². The summed E-state index contributed by atoms with van der Waals surface area (Å²) >= 11 is 0. The van der Waals surface area contributed by atoms with Crippen LogP contribution in [0, 0.1) is 0 Å². The van der Waals surface area contributed by atoms with E-state index in [9.17, 15) is 0 Å². The van der Waals surface area contributed by atoms with Crippen molar-refractivity contribution in [3.63, 3.8) is 0 Å². The van der Waals surface area contributed by atoms with Gasteiger partial charge in [0.15, 0.2) is 0 Å². The first-order chi connectivity index (χ1) is 5.45. The van der Waals surface area contributed by atoms with Crippen molar-refractivity contribution >= 4 is 9.53 Å². The maximum atomic E-state index is 5.36. The highest BCUT2D eigenvalue weighted by atomic mass is 28.3. The molecule has 2 bridgehead atoms. The normalized spacial score (nSPS) is 25.6. The summed E-state index contributed by atoms with van der Waals surface area (Å²) in [5.74, 6) is 0. The van der Waals surface area contributed by atoms with Gasteiger partial charge < -0.3 is 18.2 Å². The van der Waals surface area contributed by atoms with E-state index in [1.165, 1.54) is 0 Å². The third-order valence-corrected chi connectivity index (χ3v) is 3.12. The molecule has 0 aromatic carbocycles. The second-order valence-corrected chi connectivity index (χ2v) is 4.00. The Morgan fingerprint density at radius 3 is 2.64 bits per heavy atom. The van der Waals surface area contributed by atoms with Crippen LogP contribution in [0.4, 0.5) is 0 Å². The molecule has 1 saturated heterocycles. The minimum absolute atomic E-state index is 0.723. The van der Waals surface area contributed by atoms with Gasteiger partial charge in [0, 0.05) is 19.3 Å². The molecular weight excluding hydrogens is 162 g/mol. The molecule has 0 aromatic rings. The predicted molar refractivity (Wildman–Crippen MR) is 40.9 cm³/mol. The molecule has 0 radical (unpaired) electrons. The lowest BCUT2D eigenvalue weighted by molar-refractivity contribution is 0.0728. The van der Waals surface area contributed by atoms with E-state index in [4.69, 9.17) is 13.3 Å². The smallest absolute Gasteiger partial charge is 0.508 e. The van der Waals surface area contributed by atoms with Crippen LogP contribution in [-0.4, -0.2) is 40.7 Å². The number of hydrogen-bond donors (Lipinski definition) is 0. The monoisotopic (exact) mass is 173 g/mol. The molecule has 3 heterocycles. The first-order valence-electron chi connectivity index (χ1n) is 3.74. The van der Waals surface area contributed by atoms with Gasteiger partial charge in [-0.1, -0.05) is 0 Å². The molecule has 0 aromatic heterocycles. The van der Waals surface area contributed by atoms with E-state index in [1.54, 1.807) is 6.26 Å². The van der Waals surface area contributed by atoms with Crippen LogP contribution >= 0.6 is 0 Å². The zero-order chi connectivity index (χ0) is 7.52. The highest BCUT2D eigenvalue weighted by Crippen LogP contribution is 2.04. The first kappa shape index (κ1) is 7.14. The fourth-order valence-corrected chi connectivity index (χ4v) is 2.15. The van der Waals surface area contributed by atoms with E-state index >= 15 is 0 Å². The Labute approximate surface area is 67.3 Å². The lowest BCUT2D eigenvalue weighted by Crippen LogP contribution is -2.39. The second-order valence-electron chi connectivity index (χ2n) is 2.49. The number of hydrogen-bond acceptors (Lipinski definition) is 4. The van der Waals surface area contributed by atoms with Crippen molar-refractivity contribution in [2.75, 3.05) is 26.3 Å². The van der Waals surface area contributed by atoms with Gasteiger partial charge in [-0.3, -0.25) is 0 Å². The van der Waals surface area contributed by atoms with Crippen molar-refractivity contribution in [1.82, 2.24) is 4.90 Å². The number of fused-ring (bicyclic) bond motifs is 5. The zero-order valence-electron chi connectivity index (χ0n) is 6.23. The molecule has 11 heavy (non-hydrogen) atoms. The predicted octanol–water partition coefficient (Wildman–Crippen LogP) is -0.446. The van der Waals surface area contributed by atoms with Crippen LogP contribution < -0.4 is 0 Å². The van der Waals surface area contributed by atoms with Gasteiger partial charge in [0.2, 0.25) is 0 Å². The average molecular weight is 173 g/mol. The van der Waals surface area contributed by atoms with Gasteiger partial charge in [-0.15, -0.1) is 0 Å². The van der Waals surface area contributed by atoms with Gasteiger partial charge >= 0.3 is 9.53 Å². The van der Waals surface area contributed by atoms with Gasteiger partial charge in [0.05, 0.1) is 19.5 Å². The molecule has 3 aliphatic rings. The van der Waals surface area contributed by atoms with Crippen LogP contribution in [0.1, 0.15) is 0 Å². The van der Waals surface area contributed by atoms with Crippen LogP contribution in [0.5, 0.6) is 0 Å². The Hall–Kier alpha value is -0.523. The summed E-state index contributed by atoms with van der Waals surface area (Å²) in [6, 6.07) is 0. The van der Waals surface area contributed by atoms with Crippen molar-refractivity contribution in [1.29, 1.82) is 0 Å². The van der Waals surface area contributed by atoms with Gasteiger partial charge in [-0.2, -0.15) is 0 Å². The molecule has 0 amide bonds. The highest BCUT2D eigenvalue weighted by molar-refractivity contribution is 6.36. The summed E-state index contributed by atoms with van der Waals surface area (Å²) in [7, 11) is -1.78. The quantitative estimate of drug-likeness (QED) is 0.464. The highest BCUT2D eigenvalue weighted by Gasteiger charge is 2.20. The van der Waals surface area contributed by atoms with Crippen LogP contribution in [0.3, 0.4) is 0 Å². The molecule has 0 atom stereocenters. The number of nitrogens with zero attached hydrogens (tertiary/aromatic N) is 1. The average Bonchev–Trinajstić information content (AvgIpc) is 1.80. The molecular formula is C6H11NO3Si. The lowest BCUT2D eigenvalue weighted by atomic mass is 10.5. The molecule has 62 valence electrons. The molecule has 3 rings (SSSR count). The third-order valence-electron chi connectivity index (χ3n) is 1.73. The summed E-state index contributed by atoms with van der Waals surface area (Å²) in [5, 5.41) is 0. The van der Waals surface area contributed by atoms with Crippen LogP contribution in [-0.2, 0) is 13.3 Å². The van der Waals surface area contributed by atoms with E-state index in [0.717, 1.165) is 26.3 Å². The Morgan fingerprint density at radius 2 is 1.91 bits per heavy atom. The largest absolute Gasteiger partial charge is 0.549 e. The maximum absolute atomic E-state index is 5.36. The zero-order valence-corrected chi connectivity index (χ0v) is 7.39. The molecule has 4 nitrogen and oxygen atoms in total. The summed E-state index contributed by atoms with van der Waals surface area (Å²) in [5.41, 5.74) is 0. The number of rotatable bonds is 0. The maximum Gasteiger partial charge on any atom is 0.549 e. The topological polar surface area (TPSA) is 30.9 Å². The first-order valence-corrected chi connectivity index (χ1v) is 5.16. The Morgan fingerprint density at radius 1 is 1.18 bits per heavy atom. The molecule has 1 fully saturated rings. The minimum Gasteiger partial charge on any atom is -0.508 e. The van der Waals surface area contributed by atoms with E-state index in [-0.39, 0.29) is 0 Å². The lowest BCUT2D eigenvalue weighted by Gasteiger charge is -2.28. The molecule has 0 saturated carbocycles. The Bertz CT molecular complexity index is 154. The van der Waals surface area contributed by atoms with Gasteiger partial charge in [0.1, 0.15) is 0 Å². The summed E-state index contributed by atoms with van der Waals surface area (Å²) < 4.78 is 15.9. The molecule has 5 heteroatoms. The van der Waals surface area contributed by atoms with Crippen molar-refractivity contribution in [3.8, 4) is 0 Å². The van der Waals surface area contributed by atoms with Gasteiger partial charge in [-0.25, -0.2) is 0 Å². The molecule has 0 unspecified atom stereocenters.